The molecule has 0 spiro atoms. The summed E-state index contributed by atoms with van der Waals surface area (Å²) < 4.78 is 42.2. The molecule has 2 rings (SSSR count). The van der Waals surface area contributed by atoms with Crippen LogP contribution >= 0.6 is 0 Å². The summed E-state index contributed by atoms with van der Waals surface area (Å²) in [5.41, 5.74) is 1.08. The third kappa shape index (κ3) is 14.3. The predicted molar refractivity (Wildman–Crippen MR) is 155 cm³/mol. The number of allylic oxidation sites excluding steroid dienone is 2. The minimum absolute atomic E-state index is 0.0257. The fraction of sp³-hybridized carbons (Fsp3) is 0.613. The number of ether oxygens (including phenoxy) is 1. The summed E-state index contributed by atoms with van der Waals surface area (Å²) in [7, 11) is 0. The molecule has 1 aromatic carbocycles. The van der Waals surface area contributed by atoms with Crippen LogP contribution in [0.1, 0.15) is 83.5 Å². The van der Waals surface area contributed by atoms with E-state index in [4.69, 9.17) is 11.6 Å². The number of amides is 1. The Morgan fingerprint density at radius 3 is 2.73 bits per heavy atom. The molecule has 1 aromatic rings. The molecule has 3 N–H and O–H groups in total. The minimum atomic E-state index is -2.97. The highest BCUT2D eigenvalue weighted by molar-refractivity contribution is 5.75. The topological polar surface area (TPSA) is 148 Å². The van der Waals surface area contributed by atoms with Gasteiger partial charge < -0.3 is 25.1 Å². The molecule has 1 aliphatic carbocycles. The van der Waals surface area contributed by atoms with Crippen LogP contribution < -0.4 is 5.32 Å². The molecule has 0 saturated heterocycles. The van der Waals surface area contributed by atoms with Crippen molar-refractivity contribution >= 4 is 11.9 Å². The third-order valence-corrected chi connectivity index (χ3v) is 7.08. The van der Waals surface area contributed by atoms with E-state index in [0.717, 1.165) is 5.56 Å². The van der Waals surface area contributed by atoms with Gasteiger partial charge in [-0.15, -0.1) is 10.1 Å². The maximum atomic E-state index is 12.6. The zero-order valence-corrected chi connectivity index (χ0v) is 23.4. The lowest BCUT2D eigenvalue weighted by Crippen LogP contribution is -2.22. The Kier molecular flexibility index (Phi) is 12.8. The summed E-state index contributed by atoms with van der Waals surface area (Å²) in [6, 6.07) is 9.74. The van der Waals surface area contributed by atoms with Crippen molar-refractivity contribution in [2.24, 2.45) is 11.8 Å². The van der Waals surface area contributed by atoms with Crippen molar-refractivity contribution in [2.75, 3.05) is 13.1 Å². The summed E-state index contributed by atoms with van der Waals surface area (Å²) >= 11 is 0. The van der Waals surface area contributed by atoms with Crippen LogP contribution in [0.25, 0.3) is 0 Å². The van der Waals surface area contributed by atoms with Crippen LogP contribution in [0.15, 0.2) is 54.6 Å². The quantitative estimate of drug-likeness (QED) is 0.0674. The summed E-state index contributed by atoms with van der Waals surface area (Å²) in [5, 5.41) is 32.6. The number of esters is 1. The monoisotopic (exact) mass is 579 g/mol. The normalized spacial score (nSPS) is 23.7. The first-order chi connectivity index (χ1) is 21.7. The molecule has 0 heterocycles. The molecule has 10 heteroatoms. The van der Waals surface area contributed by atoms with Crippen molar-refractivity contribution in [1.29, 1.82) is 0 Å². The van der Waals surface area contributed by atoms with Gasteiger partial charge in [0.2, 0.25) is 5.91 Å². The molecule has 1 fully saturated rings. The second kappa shape index (κ2) is 19.8. The molecular formula is C31H46N2O8. The molecule has 0 aliphatic heterocycles. The largest absolute Gasteiger partial charge is 0.458 e. The van der Waals surface area contributed by atoms with Gasteiger partial charge in [0.15, 0.2) is 0 Å². The van der Waals surface area contributed by atoms with Gasteiger partial charge in [0.1, 0.15) is 6.10 Å². The highest BCUT2D eigenvalue weighted by Gasteiger charge is 2.39. The number of aryl methyl sites for hydroxylation is 1. The summed E-state index contributed by atoms with van der Waals surface area (Å²) in [5.74, 6) is -1.76. The Hall–Kier alpha value is -3.24. The van der Waals surface area contributed by atoms with E-state index < -0.39 is 48.6 Å². The van der Waals surface area contributed by atoms with Gasteiger partial charge in [0.25, 0.3) is 5.09 Å². The van der Waals surface area contributed by atoms with Crippen LogP contribution in [-0.4, -0.2) is 58.6 Å². The number of nitrogens with zero attached hydrogens (tertiary/aromatic N) is 1. The minimum Gasteiger partial charge on any atom is -0.458 e. The SMILES string of the molecule is [2H]C([2H])([2H])C([2H])([2H])NC(=O)CCC/C=C\C[C@@H]1[C@@H](/C=C/[C@H](CCc2ccccc2)OC(=O)CCCCCO[N+](=O)[O-])[C@H](O)C[C@@H]1O. The molecule has 228 valence electrons. The third-order valence-electron chi connectivity index (χ3n) is 7.08. The molecule has 10 nitrogen and oxygen atoms in total. The molecular weight excluding hydrogens is 528 g/mol. The zero-order chi connectivity index (χ0) is 34.2. The number of carbonyl (C=O) groups excluding carboxylic acids is 2. The van der Waals surface area contributed by atoms with Crippen molar-refractivity contribution in [3.05, 3.63) is 70.3 Å². The lowest BCUT2D eigenvalue weighted by atomic mass is 9.89. The molecule has 0 unspecified atom stereocenters. The van der Waals surface area contributed by atoms with Crippen LogP contribution in [-0.2, 0) is 25.6 Å². The highest BCUT2D eigenvalue weighted by Crippen LogP contribution is 2.36. The lowest BCUT2D eigenvalue weighted by Gasteiger charge is -2.21. The lowest BCUT2D eigenvalue weighted by molar-refractivity contribution is -0.757. The van der Waals surface area contributed by atoms with Gasteiger partial charge in [-0.25, -0.2) is 0 Å². The van der Waals surface area contributed by atoms with Crippen LogP contribution in [0.2, 0.25) is 0 Å². The van der Waals surface area contributed by atoms with E-state index in [-0.39, 0.29) is 37.7 Å². The van der Waals surface area contributed by atoms with Crippen LogP contribution in [0.4, 0.5) is 0 Å². The average molecular weight is 580 g/mol. The van der Waals surface area contributed by atoms with E-state index >= 15 is 0 Å². The molecule has 0 bridgehead atoms. The number of nitrogens with one attached hydrogen (secondary N) is 1. The first-order valence-electron chi connectivity index (χ1n) is 16.7. The Labute approximate surface area is 249 Å². The van der Waals surface area contributed by atoms with Gasteiger partial charge in [0, 0.05) is 38.5 Å². The summed E-state index contributed by atoms with van der Waals surface area (Å²) in [4.78, 5) is 39.1. The van der Waals surface area contributed by atoms with Crippen molar-refractivity contribution < 1.29 is 41.3 Å². The number of hydrogen-bond acceptors (Lipinski definition) is 8. The number of unbranched alkanes of at least 4 members (excludes halogenated alkanes) is 3. The standard InChI is InChI=1S/C31H46N2O8/c1-2-32-30(36)16-10-4-3-9-15-26-27(29(35)23-28(26)34)21-20-25(19-18-24-13-7-5-8-14-24)41-31(37)17-11-6-12-22-40-33(38)39/h3,5,7-9,13-14,20-21,25-29,34-35H,2,4,6,10-12,15-19,22-23H2,1H3,(H,32,36)/b9-3-,21-20+/t25-,26+,27+,28-,29+/m0/s1/i1D3,2D2. The van der Waals surface area contributed by atoms with E-state index in [9.17, 15) is 29.9 Å². The molecule has 0 aromatic heterocycles. The molecule has 41 heavy (non-hydrogen) atoms. The number of rotatable bonds is 20. The van der Waals surface area contributed by atoms with E-state index in [0.29, 0.717) is 51.4 Å². The fourth-order valence-corrected chi connectivity index (χ4v) is 4.91. The first-order valence-corrected chi connectivity index (χ1v) is 14.2. The Bertz CT molecular complexity index is 1150. The summed E-state index contributed by atoms with van der Waals surface area (Å²) in [6.45, 7) is -5.80. The molecule has 1 aliphatic rings. The first kappa shape index (κ1) is 26.6. The van der Waals surface area contributed by atoms with E-state index in [1.54, 1.807) is 12.2 Å². The van der Waals surface area contributed by atoms with E-state index in [2.05, 4.69) is 4.84 Å². The van der Waals surface area contributed by atoms with Crippen molar-refractivity contribution in [1.82, 2.24) is 5.32 Å². The Morgan fingerprint density at radius 1 is 1.17 bits per heavy atom. The Morgan fingerprint density at radius 2 is 1.98 bits per heavy atom. The average Bonchev–Trinajstić information content (AvgIpc) is 3.24. The van der Waals surface area contributed by atoms with Crippen molar-refractivity contribution in [3.8, 4) is 0 Å². The zero-order valence-electron chi connectivity index (χ0n) is 28.4. The van der Waals surface area contributed by atoms with Gasteiger partial charge in [-0.05, 0) is 69.4 Å². The number of aliphatic hydroxyl groups is 2. The second-order valence-corrected chi connectivity index (χ2v) is 10.2. The fourth-order valence-electron chi connectivity index (χ4n) is 4.91. The van der Waals surface area contributed by atoms with Crippen molar-refractivity contribution in [2.45, 2.75) is 95.8 Å². The van der Waals surface area contributed by atoms with Gasteiger partial charge >= 0.3 is 5.97 Å². The highest BCUT2D eigenvalue weighted by atomic mass is 16.9. The maximum absolute atomic E-state index is 12.6. The van der Waals surface area contributed by atoms with E-state index in [1.165, 1.54) is 0 Å². The molecule has 1 amide bonds. The maximum Gasteiger partial charge on any atom is 0.306 e. The van der Waals surface area contributed by atoms with Crippen LogP contribution in [0.5, 0.6) is 0 Å². The Balaban J connectivity index is 1.92. The number of hydrogen-bond donors (Lipinski definition) is 3. The van der Waals surface area contributed by atoms with Crippen LogP contribution in [0.3, 0.4) is 0 Å². The van der Waals surface area contributed by atoms with E-state index in [1.807, 2.05) is 47.8 Å². The molecule has 1 saturated carbocycles. The van der Waals surface area contributed by atoms with Crippen LogP contribution in [0, 0.1) is 22.0 Å². The van der Waals surface area contributed by atoms with Gasteiger partial charge in [-0.2, -0.15) is 0 Å². The van der Waals surface area contributed by atoms with Gasteiger partial charge in [-0.1, -0.05) is 55.0 Å². The second-order valence-electron chi connectivity index (χ2n) is 10.2. The van der Waals surface area contributed by atoms with Crippen molar-refractivity contribution in [3.63, 3.8) is 0 Å². The number of benzene rings is 1. The number of aliphatic hydroxyl groups excluding tert-OH is 2. The molecule has 0 radical (unpaired) electrons. The summed E-state index contributed by atoms with van der Waals surface area (Å²) in [6.07, 6.45) is 9.48. The predicted octanol–water partition coefficient (Wildman–Crippen LogP) is 4.47. The number of carbonyl (C=O) groups is 2. The smallest absolute Gasteiger partial charge is 0.306 e. The van der Waals surface area contributed by atoms with Gasteiger partial charge in [0.05, 0.1) is 18.8 Å². The van der Waals surface area contributed by atoms with Gasteiger partial charge in [-0.3, -0.25) is 9.59 Å². The molecule has 5 atom stereocenters.